The molecule has 0 heterocycles. The molecule has 2 unspecified atom stereocenters. The zero-order chi connectivity index (χ0) is 13.3. The number of hydrogen-bond donors (Lipinski definition) is 1. The third kappa shape index (κ3) is 3.93. The topological polar surface area (TPSA) is 63.4 Å². The number of hydrogen-bond acceptors (Lipinski definition) is 4. The van der Waals surface area contributed by atoms with E-state index in [0.717, 1.165) is 25.8 Å². The molecule has 0 bridgehead atoms. The van der Waals surface area contributed by atoms with Crippen LogP contribution < -0.4 is 5.73 Å². The summed E-state index contributed by atoms with van der Waals surface area (Å²) < 4.78 is 23.5. The molecule has 1 saturated carbocycles. The van der Waals surface area contributed by atoms with E-state index in [9.17, 15) is 8.42 Å². The van der Waals surface area contributed by atoms with E-state index in [4.69, 9.17) is 5.73 Å². The van der Waals surface area contributed by atoms with Gasteiger partial charge in [0.1, 0.15) is 0 Å². The summed E-state index contributed by atoms with van der Waals surface area (Å²) >= 11 is 0. The van der Waals surface area contributed by atoms with Crippen LogP contribution in [0.2, 0.25) is 0 Å². The first-order chi connectivity index (χ1) is 7.67. The van der Waals surface area contributed by atoms with E-state index in [1.54, 1.807) is 0 Å². The summed E-state index contributed by atoms with van der Waals surface area (Å²) in [6, 6.07) is 0.163. The second kappa shape index (κ2) is 5.24. The van der Waals surface area contributed by atoms with Crippen molar-refractivity contribution in [3.8, 4) is 0 Å². The normalized spacial score (nSPS) is 26.7. The molecule has 1 aliphatic rings. The standard InChI is InChI=1S/C12H26N2O2S/c1-12(2,8-13)9-14(3)10-6-5-7-11(10)17(4,15)16/h10-11H,5-9,13H2,1-4H3. The SMILES string of the molecule is CN(CC(C)(C)CN)C1CCCC1S(C)(=O)=O. The molecule has 0 aliphatic heterocycles. The quantitative estimate of drug-likeness (QED) is 0.798. The summed E-state index contributed by atoms with van der Waals surface area (Å²) in [6.45, 7) is 5.70. The van der Waals surface area contributed by atoms with Gasteiger partial charge in [-0.1, -0.05) is 20.3 Å². The Balaban J connectivity index is 2.72. The van der Waals surface area contributed by atoms with Crippen LogP contribution in [0.4, 0.5) is 0 Å². The van der Waals surface area contributed by atoms with Crippen molar-refractivity contribution in [3.05, 3.63) is 0 Å². The van der Waals surface area contributed by atoms with Gasteiger partial charge in [0.15, 0.2) is 9.84 Å². The Hall–Kier alpha value is -0.130. The van der Waals surface area contributed by atoms with Crippen molar-refractivity contribution >= 4 is 9.84 Å². The minimum absolute atomic E-state index is 0.0411. The molecular formula is C12H26N2O2S. The van der Waals surface area contributed by atoms with Crippen LogP contribution in [0.5, 0.6) is 0 Å². The largest absolute Gasteiger partial charge is 0.330 e. The fourth-order valence-electron chi connectivity index (χ4n) is 2.77. The molecule has 17 heavy (non-hydrogen) atoms. The Bertz CT molecular complexity index is 352. The predicted octanol–water partition coefficient (Wildman–Crippen LogP) is 0.869. The van der Waals surface area contributed by atoms with Crippen molar-refractivity contribution in [2.75, 3.05) is 26.4 Å². The first kappa shape index (κ1) is 14.9. The van der Waals surface area contributed by atoms with Crippen molar-refractivity contribution < 1.29 is 8.42 Å². The maximum absolute atomic E-state index is 11.7. The lowest BCUT2D eigenvalue weighted by atomic mass is 9.92. The van der Waals surface area contributed by atoms with Gasteiger partial charge in [0.2, 0.25) is 0 Å². The lowest BCUT2D eigenvalue weighted by molar-refractivity contribution is 0.167. The molecule has 0 saturated heterocycles. The molecule has 5 heteroatoms. The molecular weight excluding hydrogens is 236 g/mol. The van der Waals surface area contributed by atoms with E-state index in [2.05, 4.69) is 18.7 Å². The molecule has 0 aromatic heterocycles. The van der Waals surface area contributed by atoms with Gasteiger partial charge in [0, 0.05) is 18.8 Å². The highest BCUT2D eigenvalue weighted by atomic mass is 32.2. The van der Waals surface area contributed by atoms with Crippen LogP contribution in [0.15, 0.2) is 0 Å². The summed E-state index contributed by atoms with van der Waals surface area (Å²) in [7, 11) is -0.913. The Morgan fingerprint density at radius 3 is 2.41 bits per heavy atom. The smallest absolute Gasteiger partial charge is 0.151 e. The van der Waals surface area contributed by atoms with E-state index >= 15 is 0 Å². The van der Waals surface area contributed by atoms with Crippen molar-refractivity contribution in [1.82, 2.24) is 4.90 Å². The fraction of sp³-hybridized carbons (Fsp3) is 1.00. The highest BCUT2D eigenvalue weighted by Gasteiger charge is 2.38. The zero-order valence-electron chi connectivity index (χ0n) is 11.4. The Morgan fingerprint density at radius 2 is 1.94 bits per heavy atom. The molecule has 1 fully saturated rings. The van der Waals surface area contributed by atoms with Crippen LogP contribution in [0.25, 0.3) is 0 Å². The monoisotopic (exact) mass is 262 g/mol. The number of sulfone groups is 1. The van der Waals surface area contributed by atoms with Crippen LogP contribution in [0.1, 0.15) is 33.1 Å². The van der Waals surface area contributed by atoms with Gasteiger partial charge in [-0.3, -0.25) is 0 Å². The minimum atomic E-state index is -2.93. The van der Waals surface area contributed by atoms with E-state index in [0.29, 0.717) is 6.54 Å². The molecule has 2 N–H and O–H groups in total. The van der Waals surface area contributed by atoms with Gasteiger partial charge in [0.25, 0.3) is 0 Å². The number of rotatable bonds is 5. The second-order valence-electron chi connectivity index (χ2n) is 6.15. The van der Waals surface area contributed by atoms with Crippen molar-refractivity contribution in [1.29, 1.82) is 0 Å². The summed E-state index contributed by atoms with van der Waals surface area (Å²) in [4.78, 5) is 2.19. The van der Waals surface area contributed by atoms with Gasteiger partial charge in [0.05, 0.1) is 5.25 Å². The molecule has 0 spiro atoms. The van der Waals surface area contributed by atoms with Crippen LogP contribution in [-0.2, 0) is 9.84 Å². The van der Waals surface area contributed by atoms with E-state index in [1.165, 1.54) is 6.26 Å². The number of nitrogens with zero attached hydrogens (tertiary/aromatic N) is 1. The van der Waals surface area contributed by atoms with Crippen molar-refractivity contribution in [3.63, 3.8) is 0 Å². The molecule has 0 radical (unpaired) electrons. The maximum atomic E-state index is 11.7. The van der Waals surface area contributed by atoms with E-state index < -0.39 is 9.84 Å². The van der Waals surface area contributed by atoms with Gasteiger partial charge in [-0.2, -0.15) is 0 Å². The lowest BCUT2D eigenvalue weighted by Gasteiger charge is -2.35. The summed E-state index contributed by atoms with van der Waals surface area (Å²) in [6.07, 6.45) is 4.15. The van der Waals surface area contributed by atoms with Gasteiger partial charge in [-0.05, 0) is 31.8 Å². The summed E-state index contributed by atoms with van der Waals surface area (Å²) in [5, 5.41) is -0.193. The molecule has 0 aromatic carbocycles. The maximum Gasteiger partial charge on any atom is 0.151 e. The first-order valence-electron chi connectivity index (χ1n) is 6.26. The van der Waals surface area contributed by atoms with Crippen LogP contribution in [0, 0.1) is 5.41 Å². The third-order valence-corrected chi connectivity index (χ3v) is 5.41. The van der Waals surface area contributed by atoms with Gasteiger partial charge in [-0.25, -0.2) is 8.42 Å². The molecule has 0 aromatic rings. The Morgan fingerprint density at radius 1 is 1.35 bits per heavy atom. The van der Waals surface area contributed by atoms with E-state index in [-0.39, 0.29) is 16.7 Å². The summed E-state index contributed by atoms with van der Waals surface area (Å²) in [5.41, 5.74) is 5.77. The predicted molar refractivity (Wildman–Crippen MR) is 71.7 cm³/mol. The highest BCUT2D eigenvalue weighted by molar-refractivity contribution is 7.91. The summed E-state index contributed by atoms with van der Waals surface area (Å²) in [5.74, 6) is 0. The number of nitrogens with two attached hydrogens (primary N) is 1. The van der Waals surface area contributed by atoms with Gasteiger partial charge < -0.3 is 10.6 Å². The van der Waals surface area contributed by atoms with Gasteiger partial charge >= 0.3 is 0 Å². The third-order valence-electron chi connectivity index (χ3n) is 3.76. The molecule has 4 nitrogen and oxygen atoms in total. The average Bonchev–Trinajstić information content (AvgIpc) is 2.64. The fourth-order valence-corrected chi connectivity index (χ4v) is 4.28. The van der Waals surface area contributed by atoms with Crippen LogP contribution in [0.3, 0.4) is 0 Å². The van der Waals surface area contributed by atoms with Gasteiger partial charge in [-0.15, -0.1) is 0 Å². The van der Waals surface area contributed by atoms with E-state index in [1.807, 2.05) is 7.05 Å². The molecule has 1 aliphatic carbocycles. The second-order valence-corrected chi connectivity index (χ2v) is 8.41. The average molecular weight is 262 g/mol. The Kier molecular flexibility index (Phi) is 4.60. The first-order valence-corrected chi connectivity index (χ1v) is 8.22. The molecule has 1 rings (SSSR count). The molecule has 2 atom stereocenters. The van der Waals surface area contributed by atoms with Crippen LogP contribution in [-0.4, -0.2) is 51.0 Å². The molecule has 102 valence electrons. The van der Waals surface area contributed by atoms with Crippen LogP contribution >= 0.6 is 0 Å². The lowest BCUT2D eigenvalue weighted by Crippen LogP contribution is -2.46. The van der Waals surface area contributed by atoms with Crippen molar-refractivity contribution in [2.24, 2.45) is 11.1 Å². The zero-order valence-corrected chi connectivity index (χ0v) is 12.3. The van der Waals surface area contributed by atoms with Crippen molar-refractivity contribution in [2.45, 2.75) is 44.4 Å². The highest BCUT2D eigenvalue weighted by Crippen LogP contribution is 2.30. The Labute approximate surface area is 105 Å². The molecule has 0 amide bonds. The minimum Gasteiger partial charge on any atom is -0.330 e.